The van der Waals surface area contributed by atoms with Gasteiger partial charge in [0.15, 0.2) is 0 Å². The van der Waals surface area contributed by atoms with Crippen molar-refractivity contribution in [2.45, 2.75) is 26.7 Å². The quantitative estimate of drug-likeness (QED) is 0.431. The van der Waals surface area contributed by atoms with Gasteiger partial charge >= 0.3 is 6.01 Å². The van der Waals surface area contributed by atoms with Gasteiger partial charge in [-0.15, -0.1) is 0 Å². The van der Waals surface area contributed by atoms with Crippen LogP contribution in [0.3, 0.4) is 0 Å². The number of amides is 1. The van der Waals surface area contributed by atoms with Gasteiger partial charge < -0.3 is 14.8 Å². The molecule has 8 heteroatoms. The number of hydrogen-bond acceptors (Lipinski definition) is 5. The lowest BCUT2D eigenvalue weighted by Gasteiger charge is -2.10. The first-order valence-corrected chi connectivity index (χ1v) is 10.1. The summed E-state index contributed by atoms with van der Waals surface area (Å²) in [7, 11) is 0. The van der Waals surface area contributed by atoms with Gasteiger partial charge in [-0.3, -0.25) is 4.79 Å². The van der Waals surface area contributed by atoms with E-state index in [0.717, 1.165) is 11.4 Å². The number of carbonyl (C=O) groups is 1. The van der Waals surface area contributed by atoms with Gasteiger partial charge in [-0.05, 0) is 56.7 Å². The molecule has 0 bridgehead atoms. The summed E-state index contributed by atoms with van der Waals surface area (Å²) in [6.07, 6.45) is 0.841. The van der Waals surface area contributed by atoms with E-state index in [1.165, 1.54) is 0 Å². The maximum Gasteiger partial charge on any atom is 0.322 e. The van der Waals surface area contributed by atoms with Crippen molar-refractivity contribution in [2.24, 2.45) is 0 Å². The van der Waals surface area contributed by atoms with Gasteiger partial charge in [-0.25, -0.2) is 9.97 Å². The van der Waals surface area contributed by atoms with Gasteiger partial charge in [-0.2, -0.15) is 0 Å². The summed E-state index contributed by atoms with van der Waals surface area (Å²) in [6, 6.07) is 14.2. The van der Waals surface area contributed by atoms with Crippen molar-refractivity contribution < 1.29 is 14.3 Å². The van der Waals surface area contributed by atoms with E-state index in [-0.39, 0.29) is 11.9 Å². The number of halogens is 2. The minimum absolute atomic E-state index is 0.124. The van der Waals surface area contributed by atoms with Gasteiger partial charge in [0.25, 0.3) is 0 Å². The third kappa shape index (κ3) is 6.61. The minimum atomic E-state index is -0.124. The van der Waals surface area contributed by atoms with Crippen LogP contribution in [0.1, 0.15) is 24.2 Å². The predicted molar refractivity (Wildman–Crippen MR) is 118 cm³/mol. The highest BCUT2D eigenvalue weighted by atomic mass is 35.5. The summed E-state index contributed by atoms with van der Waals surface area (Å²) in [6.45, 7) is 4.12. The first-order chi connectivity index (χ1) is 14.4. The summed E-state index contributed by atoms with van der Waals surface area (Å²) in [5.74, 6) is 0.957. The van der Waals surface area contributed by atoms with Crippen LogP contribution in [0.25, 0.3) is 0 Å². The number of hydrogen-bond donors (Lipinski definition) is 1. The Morgan fingerprint density at radius 3 is 2.53 bits per heavy atom. The van der Waals surface area contributed by atoms with Gasteiger partial charge in [0.05, 0.1) is 11.6 Å². The van der Waals surface area contributed by atoms with Crippen molar-refractivity contribution in [3.63, 3.8) is 0 Å². The number of aromatic nitrogens is 2. The maximum atomic E-state index is 12.2. The first kappa shape index (κ1) is 21.9. The van der Waals surface area contributed by atoms with Gasteiger partial charge in [0, 0.05) is 34.6 Å². The third-order valence-corrected chi connectivity index (χ3v) is 4.52. The van der Waals surface area contributed by atoms with Crippen LogP contribution in [0.2, 0.25) is 10.0 Å². The number of nitrogens with one attached hydrogen (secondary N) is 1. The molecule has 1 heterocycles. The highest BCUT2D eigenvalue weighted by molar-refractivity contribution is 6.35. The molecular formula is C22H21Cl2N3O3. The van der Waals surface area contributed by atoms with Crippen LogP contribution < -0.4 is 14.8 Å². The van der Waals surface area contributed by atoms with Crippen molar-refractivity contribution in [1.82, 2.24) is 9.97 Å². The summed E-state index contributed by atoms with van der Waals surface area (Å²) >= 11 is 11.9. The molecule has 0 atom stereocenters. The Balaban J connectivity index is 1.48. The van der Waals surface area contributed by atoms with E-state index in [0.29, 0.717) is 46.7 Å². The SMILES string of the molecule is Cc1cc(C)nc(Oc2cccc(NC(=O)CCCOc3ccc(Cl)cc3Cl)c2)n1. The van der Waals surface area contributed by atoms with Crippen molar-refractivity contribution >= 4 is 34.8 Å². The highest BCUT2D eigenvalue weighted by Crippen LogP contribution is 2.27. The molecule has 1 amide bonds. The first-order valence-electron chi connectivity index (χ1n) is 9.37. The molecule has 0 aliphatic carbocycles. The fraction of sp³-hybridized carbons (Fsp3) is 0.227. The maximum absolute atomic E-state index is 12.2. The zero-order valence-electron chi connectivity index (χ0n) is 16.6. The second-order valence-corrected chi connectivity index (χ2v) is 7.48. The predicted octanol–water partition coefficient (Wildman–Crippen LogP) is 5.99. The number of benzene rings is 2. The van der Waals surface area contributed by atoms with Gasteiger partial charge in [0.1, 0.15) is 11.5 Å². The highest BCUT2D eigenvalue weighted by Gasteiger charge is 2.07. The van der Waals surface area contributed by atoms with E-state index < -0.39 is 0 Å². The summed E-state index contributed by atoms with van der Waals surface area (Å²) in [5, 5.41) is 3.83. The van der Waals surface area contributed by atoms with E-state index in [1.807, 2.05) is 19.9 Å². The molecule has 6 nitrogen and oxygen atoms in total. The van der Waals surface area contributed by atoms with Crippen LogP contribution in [0, 0.1) is 13.8 Å². The molecule has 0 saturated carbocycles. The Morgan fingerprint density at radius 1 is 1.03 bits per heavy atom. The molecule has 3 rings (SSSR count). The number of carbonyl (C=O) groups excluding carboxylic acids is 1. The molecular weight excluding hydrogens is 425 g/mol. The third-order valence-electron chi connectivity index (χ3n) is 3.99. The molecule has 30 heavy (non-hydrogen) atoms. The monoisotopic (exact) mass is 445 g/mol. The van der Waals surface area contributed by atoms with Crippen LogP contribution in [-0.2, 0) is 4.79 Å². The van der Waals surface area contributed by atoms with Crippen LogP contribution in [0.4, 0.5) is 5.69 Å². The largest absolute Gasteiger partial charge is 0.492 e. The van der Waals surface area contributed by atoms with E-state index >= 15 is 0 Å². The van der Waals surface area contributed by atoms with Gasteiger partial charge in [0.2, 0.25) is 5.91 Å². The van der Waals surface area contributed by atoms with E-state index in [9.17, 15) is 4.79 Å². The molecule has 156 valence electrons. The Morgan fingerprint density at radius 2 is 1.80 bits per heavy atom. The van der Waals surface area contributed by atoms with Gasteiger partial charge in [-0.1, -0.05) is 29.3 Å². The fourth-order valence-corrected chi connectivity index (χ4v) is 3.18. The van der Waals surface area contributed by atoms with Crippen molar-refractivity contribution in [2.75, 3.05) is 11.9 Å². The summed E-state index contributed by atoms with van der Waals surface area (Å²) in [5.41, 5.74) is 2.27. The Bertz CT molecular complexity index is 1020. The Labute approximate surface area is 185 Å². The molecule has 3 aromatic rings. The van der Waals surface area contributed by atoms with E-state index in [2.05, 4.69) is 15.3 Å². The minimum Gasteiger partial charge on any atom is -0.492 e. The smallest absolute Gasteiger partial charge is 0.322 e. The summed E-state index contributed by atoms with van der Waals surface area (Å²) < 4.78 is 11.3. The molecule has 0 radical (unpaired) electrons. The average molecular weight is 446 g/mol. The van der Waals surface area contributed by atoms with Crippen molar-refractivity contribution in [1.29, 1.82) is 0 Å². The lowest BCUT2D eigenvalue weighted by molar-refractivity contribution is -0.116. The lowest BCUT2D eigenvalue weighted by Crippen LogP contribution is -2.12. The molecule has 0 aliphatic rings. The van der Waals surface area contributed by atoms with Crippen LogP contribution in [-0.4, -0.2) is 22.5 Å². The average Bonchev–Trinajstić information content (AvgIpc) is 2.66. The zero-order valence-corrected chi connectivity index (χ0v) is 18.1. The molecule has 2 aromatic carbocycles. The number of aryl methyl sites for hydroxylation is 2. The molecule has 0 spiro atoms. The molecule has 1 N–H and O–H groups in total. The Kier molecular flexibility index (Phi) is 7.49. The van der Waals surface area contributed by atoms with E-state index in [4.69, 9.17) is 32.7 Å². The summed E-state index contributed by atoms with van der Waals surface area (Å²) in [4.78, 5) is 20.7. The normalized spacial score (nSPS) is 10.5. The van der Waals surface area contributed by atoms with Crippen molar-refractivity contribution in [3.05, 3.63) is 70.0 Å². The van der Waals surface area contributed by atoms with Crippen molar-refractivity contribution in [3.8, 4) is 17.5 Å². The lowest BCUT2D eigenvalue weighted by atomic mass is 10.2. The standard InChI is InChI=1S/C22H21Cl2N3O3/c1-14-11-15(2)26-22(25-14)30-18-6-3-5-17(13-18)27-21(28)7-4-10-29-20-9-8-16(23)12-19(20)24/h3,5-6,8-9,11-13H,4,7,10H2,1-2H3,(H,27,28). The molecule has 1 aromatic heterocycles. The molecule has 0 aliphatic heterocycles. The molecule has 0 unspecified atom stereocenters. The number of nitrogens with zero attached hydrogens (tertiary/aromatic N) is 2. The number of ether oxygens (including phenoxy) is 2. The molecule has 0 fully saturated rings. The fourth-order valence-electron chi connectivity index (χ4n) is 2.71. The molecule has 0 saturated heterocycles. The van der Waals surface area contributed by atoms with E-state index in [1.54, 1.807) is 42.5 Å². The zero-order chi connectivity index (χ0) is 21.5. The number of anilines is 1. The second kappa shape index (κ2) is 10.3. The second-order valence-electron chi connectivity index (χ2n) is 6.64. The van der Waals surface area contributed by atoms with Crippen LogP contribution >= 0.6 is 23.2 Å². The van der Waals surface area contributed by atoms with Crippen LogP contribution in [0.15, 0.2) is 48.5 Å². The number of rotatable bonds is 8. The topological polar surface area (TPSA) is 73.3 Å². The van der Waals surface area contributed by atoms with Crippen LogP contribution in [0.5, 0.6) is 17.5 Å². The Hall–Kier alpha value is -2.83.